The maximum atomic E-state index is 13.9. The number of alkyl halides is 1. The maximum Gasteiger partial charge on any atom is 0.258 e. The molecule has 2 aromatic heterocycles. The van der Waals surface area contributed by atoms with Gasteiger partial charge in [-0.25, -0.2) is 4.39 Å². The minimum Gasteiger partial charge on any atom is -0.507 e. The van der Waals surface area contributed by atoms with Gasteiger partial charge in [0.15, 0.2) is 0 Å². The van der Waals surface area contributed by atoms with E-state index in [-0.39, 0.29) is 17.2 Å². The molecule has 2 heterocycles. The largest absolute Gasteiger partial charge is 0.507 e. The Morgan fingerprint density at radius 3 is 2.74 bits per heavy atom. The topological polar surface area (TPSA) is 77.2 Å². The Kier molecular flexibility index (Phi) is 4.51. The number of phenols is 1. The lowest BCUT2D eigenvalue weighted by Crippen LogP contribution is -2.32. The molecule has 4 rings (SSSR count). The summed E-state index contributed by atoms with van der Waals surface area (Å²) in [7, 11) is 1.67. The summed E-state index contributed by atoms with van der Waals surface area (Å²) < 4.78 is 21.0. The number of hydrogen-bond acceptors (Lipinski definition) is 5. The van der Waals surface area contributed by atoms with E-state index in [0.29, 0.717) is 34.9 Å². The fraction of sp³-hybridized carbons (Fsp3) is 0.350. The molecule has 1 aliphatic carbocycles. The molecule has 0 bridgehead atoms. The van der Waals surface area contributed by atoms with E-state index < -0.39 is 12.3 Å². The minimum absolute atomic E-state index is 0.00910. The van der Waals surface area contributed by atoms with Crippen molar-refractivity contribution in [3.05, 3.63) is 46.9 Å². The lowest BCUT2D eigenvalue weighted by atomic mass is 9.96. The Morgan fingerprint density at radius 2 is 2.00 bits per heavy atom. The van der Waals surface area contributed by atoms with Crippen molar-refractivity contribution in [3.8, 4) is 22.9 Å². The van der Waals surface area contributed by atoms with E-state index in [9.17, 15) is 14.3 Å². The number of aromatic hydroxyl groups is 1. The van der Waals surface area contributed by atoms with E-state index >= 15 is 0 Å². The molecule has 0 spiro atoms. The molecule has 1 saturated carbocycles. The normalized spacial score (nSPS) is 19.9. The summed E-state index contributed by atoms with van der Waals surface area (Å²) >= 11 is 0. The molecule has 3 aromatic rings. The highest BCUT2D eigenvalue weighted by Gasteiger charge is 2.26. The Bertz CT molecular complexity index is 1030. The first kappa shape index (κ1) is 17.5. The highest BCUT2D eigenvalue weighted by molar-refractivity contribution is 5.89. The molecule has 0 amide bonds. The van der Waals surface area contributed by atoms with Gasteiger partial charge in [-0.15, -0.1) is 10.2 Å². The zero-order valence-electron chi connectivity index (χ0n) is 14.9. The van der Waals surface area contributed by atoms with Crippen molar-refractivity contribution in [2.75, 3.05) is 0 Å². The van der Waals surface area contributed by atoms with Crippen LogP contribution < -0.4 is 10.3 Å². The molecule has 2 atom stereocenters. The Hall–Kier alpha value is -2.96. The van der Waals surface area contributed by atoms with Crippen molar-refractivity contribution in [3.63, 3.8) is 0 Å². The standard InChI is InChI=1S/C20H20FN3O3/c1-24-9-8-12-10-17(25)14(11-13(12)20(24)26)16-6-7-19(23-22-16)27-18-5-3-2-4-15(18)21/h6-11,15,18,25H,2-5H2,1H3/t15-,18+/m0/s1. The molecule has 140 valence electrons. The molecular weight excluding hydrogens is 349 g/mol. The lowest BCUT2D eigenvalue weighted by Gasteiger charge is -2.25. The summed E-state index contributed by atoms with van der Waals surface area (Å²) in [4.78, 5) is 12.3. The number of hydrogen-bond donors (Lipinski definition) is 1. The van der Waals surface area contributed by atoms with Gasteiger partial charge in [-0.1, -0.05) is 6.42 Å². The summed E-state index contributed by atoms with van der Waals surface area (Å²) in [6, 6.07) is 8.16. The third-order valence-corrected chi connectivity index (χ3v) is 5.01. The summed E-state index contributed by atoms with van der Waals surface area (Å²) in [5.74, 6) is 0.263. The molecule has 0 unspecified atom stereocenters. The number of benzene rings is 1. The van der Waals surface area contributed by atoms with Crippen molar-refractivity contribution in [2.45, 2.75) is 38.0 Å². The number of ether oxygens (including phenoxy) is 1. The molecular formula is C20H20FN3O3. The highest BCUT2D eigenvalue weighted by atomic mass is 19.1. The van der Waals surface area contributed by atoms with Gasteiger partial charge in [0.2, 0.25) is 5.88 Å². The van der Waals surface area contributed by atoms with Crippen LogP contribution in [0.25, 0.3) is 22.0 Å². The number of phenolic OH excluding ortho intramolecular Hbond substituents is 1. The second kappa shape index (κ2) is 6.98. The molecule has 1 fully saturated rings. The van der Waals surface area contributed by atoms with Gasteiger partial charge in [-0.3, -0.25) is 4.79 Å². The van der Waals surface area contributed by atoms with Crippen LogP contribution in [0.3, 0.4) is 0 Å². The van der Waals surface area contributed by atoms with Crippen LogP contribution in [0.1, 0.15) is 25.7 Å². The molecule has 1 N–H and O–H groups in total. The summed E-state index contributed by atoms with van der Waals surface area (Å²) in [6.07, 6.45) is 3.18. The van der Waals surface area contributed by atoms with Crippen molar-refractivity contribution < 1.29 is 14.2 Å². The quantitative estimate of drug-likeness (QED) is 0.766. The number of halogens is 1. The molecule has 6 nitrogen and oxygen atoms in total. The number of nitrogens with zero attached hydrogens (tertiary/aromatic N) is 3. The average molecular weight is 369 g/mol. The zero-order chi connectivity index (χ0) is 19.0. The zero-order valence-corrected chi connectivity index (χ0v) is 14.9. The monoisotopic (exact) mass is 369 g/mol. The molecule has 0 radical (unpaired) electrons. The minimum atomic E-state index is -0.985. The Balaban J connectivity index is 1.64. The number of rotatable bonds is 3. The third kappa shape index (κ3) is 3.37. The number of pyridine rings is 1. The van der Waals surface area contributed by atoms with Gasteiger partial charge in [-0.05, 0) is 48.9 Å². The second-order valence-corrected chi connectivity index (χ2v) is 6.90. The predicted molar refractivity (Wildman–Crippen MR) is 99.7 cm³/mol. The van der Waals surface area contributed by atoms with Gasteiger partial charge in [0.05, 0.1) is 5.69 Å². The first-order valence-corrected chi connectivity index (χ1v) is 9.00. The summed E-state index contributed by atoms with van der Waals surface area (Å²) in [5, 5.41) is 19.6. The van der Waals surface area contributed by atoms with E-state index in [4.69, 9.17) is 4.74 Å². The van der Waals surface area contributed by atoms with Gasteiger partial charge < -0.3 is 14.4 Å². The number of fused-ring (bicyclic) bond motifs is 1. The van der Waals surface area contributed by atoms with Crippen LogP contribution in [0.4, 0.5) is 4.39 Å². The van der Waals surface area contributed by atoms with Crippen LogP contribution in [0, 0.1) is 0 Å². The summed E-state index contributed by atoms with van der Waals surface area (Å²) in [5.41, 5.74) is 0.659. The molecule has 0 aliphatic heterocycles. The van der Waals surface area contributed by atoms with E-state index in [2.05, 4.69) is 10.2 Å². The molecule has 1 aliphatic rings. The van der Waals surface area contributed by atoms with E-state index in [0.717, 1.165) is 12.8 Å². The van der Waals surface area contributed by atoms with Crippen molar-refractivity contribution in [1.29, 1.82) is 0 Å². The third-order valence-electron chi connectivity index (χ3n) is 5.01. The van der Waals surface area contributed by atoms with E-state index in [1.807, 2.05) is 0 Å². The lowest BCUT2D eigenvalue weighted by molar-refractivity contribution is 0.0594. The summed E-state index contributed by atoms with van der Waals surface area (Å²) in [6.45, 7) is 0. The SMILES string of the molecule is Cn1ccc2cc(O)c(-c3ccc(O[C@@H]4CCCC[C@@H]4F)nn3)cc2c1=O. The number of aryl methyl sites for hydroxylation is 1. The number of aromatic nitrogens is 3. The van der Waals surface area contributed by atoms with Crippen molar-refractivity contribution in [2.24, 2.45) is 7.05 Å². The second-order valence-electron chi connectivity index (χ2n) is 6.90. The molecule has 7 heteroatoms. The van der Waals surface area contributed by atoms with E-state index in [1.54, 1.807) is 37.5 Å². The molecule has 27 heavy (non-hydrogen) atoms. The Labute approximate surface area is 155 Å². The Morgan fingerprint density at radius 1 is 1.19 bits per heavy atom. The van der Waals surface area contributed by atoms with Crippen molar-refractivity contribution >= 4 is 10.8 Å². The van der Waals surface area contributed by atoms with Crippen LogP contribution >= 0.6 is 0 Å². The van der Waals surface area contributed by atoms with Gasteiger partial charge in [0.25, 0.3) is 5.56 Å². The fourth-order valence-electron chi connectivity index (χ4n) is 3.45. The van der Waals surface area contributed by atoms with Crippen LogP contribution in [-0.4, -0.2) is 32.1 Å². The van der Waals surface area contributed by atoms with Gasteiger partial charge in [-0.2, -0.15) is 0 Å². The predicted octanol–water partition coefficient (Wildman–Crippen LogP) is 3.36. The van der Waals surface area contributed by atoms with Crippen LogP contribution in [-0.2, 0) is 7.05 Å². The van der Waals surface area contributed by atoms with E-state index in [1.165, 1.54) is 10.6 Å². The smallest absolute Gasteiger partial charge is 0.258 e. The van der Waals surface area contributed by atoms with Gasteiger partial charge in [0, 0.05) is 30.3 Å². The first-order chi connectivity index (χ1) is 13.0. The molecule has 1 aromatic carbocycles. The average Bonchev–Trinajstić information content (AvgIpc) is 2.67. The van der Waals surface area contributed by atoms with Gasteiger partial charge >= 0.3 is 0 Å². The first-order valence-electron chi connectivity index (χ1n) is 9.00. The maximum absolute atomic E-state index is 13.9. The van der Waals surface area contributed by atoms with Crippen LogP contribution in [0.5, 0.6) is 11.6 Å². The van der Waals surface area contributed by atoms with Crippen LogP contribution in [0.15, 0.2) is 41.3 Å². The molecule has 0 saturated heterocycles. The van der Waals surface area contributed by atoms with Crippen molar-refractivity contribution in [1.82, 2.24) is 14.8 Å². The van der Waals surface area contributed by atoms with Gasteiger partial charge in [0.1, 0.15) is 18.0 Å². The highest BCUT2D eigenvalue weighted by Crippen LogP contribution is 2.32. The fourth-order valence-corrected chi connectivity index (χ4v) is 3.45. The van der Waals surface area contributed by atoms with Crippen LogP contribution in [0.2, 0.25) is 0 Å².